The smallest absolute Gasteiger partial charge is 0.269 e. The quantitative estimate of drug-likeness (QED) is 0.463. The number of aryl methyl sites for hydroxylation is 1. The van der Waals surface area contributed by atoms with E-state index in [-0.39, 0.29) is 17.3 Å². The van der Waals surface area contributed by atoms with Gasteiger partial charge in [0.15, 0.2) is 0 Å². The van der Waals surface area contributed by atoms with Crippen molar-refractivity contribution in [1.29, 1.82) is 0 Å². The minimum Gasteiger partial charge on any atom is -0.496 e. The molecule has 2 aromatic carbocycles. The molecule has 6 nitrogen and oxygen atoms in total. The lowest BCUT2D eigenvalue weighted by molar-refractivity contribution is -0.384. The number of anilines is 1. The predicted octanol–water partition coefficient (Wildman–Crippen LogP) is 3.67. The van der Waals surface area contributed by atoms with Gasteiger partial charge in [-0.3, -0.25) is 14.9 Å². The molecule has 0 aliphatic carbocycles. The molecule has 0 saturated heterocycles. The highest BCUT2D eigenvalue weighted by atomic mass is 32.2. The van der Waals surface area contributed by atoms with Crippen LogP contribution in [0.1, 0.15) is 12.0 Å². The maximum Gasteiger partial charge on any atom is 0.269 e. The number of carbonyl (C=O) groups is 1. The zero-order valence-electron chi connectivity index (χ0n) is 13.8. The minimum atomic E-state index is -0.404. The van der Waals surface area contributed by atoms with E-state index in [0.717, 1.165) is 34.7 Å². The summed E-state index contributed by atoms with van der Waals surface area (Å²) in [6.07, 6.45) is 1.56. The number of methoxy groups -OCH3 is 1. The van der Waals surface area contributed by atoms with Crippen LogP contribution in [0, 0.1) is 10.1 Å². The van der Waals surface area contributed by atoms with Crippen molar-refractivity contribution in [3.63, 3.8) is 0 Å². The number of fused-ring (bicyclic) bond motifs is 1. The topological polar surface area (TPSA) is 72.7 Å². The average Bonchev–Trinajstić information content (AvgIpc) is 2.65. The predicted molar refractivity (Wildman–Crippen MR) is 97.5 cm³/mol. The number of non-ortho nitro benzene ring substituents is 1. The van der Waals surface area contributed by atoms with Crippen LogP contribution < -0.4 is 9.64 Å². The maximum atomic E-state index is 12.7. The number of para-hydroxylation sites is 1. The summed E-state index contributed by atoms with van der Waals surface area (Å²) < 4.78 is 5.31. The lowest BCUT2D eigenvalue weighted by Gasteiger charge is -2.29. The molecule has 0 spiro atoms. The number of carbonyl (C=O) groups excluding carboxylic acids is 1. The number of nitro benzene ring substituents is 1. The molecule has 25 heavy (non-hydrogen) atoms. The standard InChI is InChI=1S/C18H18N2O4S/c1-24-16-6-2-3-7-17(16)25-12-18(21)19-10-4-5-13-11-14(20(22)23)8-9-15(13)19/h2-3,6-9,11H,4-5,10,12H2,1H3. The normalized spacial score (nSPS) is 13.2. The number of nitro groups is 1. The third kappa shape index (κ3) is 3.76. The molecule has 1 aliphatic rings. The summed E-state index contributed by atoms with van der Waals surface area (Å²) in [7, 11) is 1.61. The summed E-state index contributed by atoms with van der Waals surface area (Å²) in [4.78, 5) is 25.9. The summed E-state index contributed by atoms with van der Waals surface area (Å²) in [6.45, 7) is 0.635. The Morgan fingerprint density at radius 1 is 1.32 bits per heavy atom. The van der Waals surface area contributed by atoms with Gasteiger partial charge in [-0.1, -0.05) is 12.1 Å². The van der Waals surface area contributed by atoms with E-state index >= 15 is 0 Å². The number of thioether (sulfide) groups is 1. The Morgan fingerprint density at radius 3 is 2.88 bits per heavy atom. The maximum absolute atomic E-state index is 12.7. The largest absolute Gasteiger partial charge is 0.496 e. The first-order valence-electron chi connectivity index (χ1n) is 7.93. The van der Waals surface area contributed by atoms with Crippen LogP contribution in [0.5, 0.6) is 5.75 Å². The van der Waals surface area contributed by atoms with Gasteiger partial charge >= 0.3 is 0 Å². The molecule has 1 heterocycles. The highest BCUT2D eigenvalue weighted by molar-refractivity contribution is 8.00. The third-order valence-corrected chi connectivity index (χ3v) is 5.15. The minimum absolute atomic E-state index is 0.00860. The number of rotatable bonds is 5. The van der Waals surface area contributed by atoms with Gasteiger partial charge in [-0.25, -0.2) is 0 Å². The summed E-state index contributed by atoms with van der Waals surface area (Å²) in [5.41, 5.74) is 1.70. The number of benzene rings is 2. The van der Waals surface area contributed by atoms with Gasteiger partial charge in [0, 0.05) is 29.3 Å². The zero-order valence-corrected chi connectivity index (χ0v) is 14.6. The number of hydrogen-bond donors (Lipinski definition) is 0. The van der Waals surface area contributed by atoms with Crippen LogP contribution in [0.3, 0.4) is 0 Å². The number of hydrogen-bond acceptors (Lipinski definition) is 5. The van der Waals surface area contributed by atoms with E-state index in [1.54, 1.807) is 24.1 Å². The molecule has 3 rings (SSSR count). The molecule has 0 radical (unpaired) electrons. The second kappa shape index (κ2) is 7.57. The molecular weight excluding hydrogens is 340 g/mol. The van der Waals surface area contributed by atoms with E-state index in [2.05, 4.69) is 0 Å². The molecule has 0 atom stereocenters. The van der Waals surface area contributed by atoms with Crippen LogP contribution in [0.4, 0.5) is 11.4 Å². The fourth-order valence-corrected chi connectivity index (χ4v) is 3.81. The molecule has 0 N–H and O–H groups in total. The van der Waals surface area contributed by atoms with Crippen LogP contribution in [0.15, 0.2) is 47.4 Å². The van der Waals surface area contributed by atoms with Crippen molar-refractivity contribution in [3.8, 4) is 5.75 Å². The molecule has 2 aromatic rings. The Bertz CT molecular complexity index is 809. The van der Waals surface area contributed by atoms with Crippen molar-refractivity contribution in [2.24, 2.45) is 0 Å². The third-order valence-electron chi connectivity index (χ3n) is 4.11. The number of nitrogens with zero attached hydrogens (tertiary/aromatic N) is 2. The van der Waals surface area contributed by atoms with E-state index < -0.39 is 4.92 Å². The molecule has 0 saturated carbocycles. The van der Waals surface area contributed by atoms with Gasteiger partial charge < -0.3 is 9.64 Å². The Hall–Kier alpha value is -2.54. The van der Waals surface area contributed by atoms with Gasteiger partial charge in [0.05, 0.1) is 17.8 Å². The Labute approximate surface area is 149 Å². The van der Waals surface area contributed by atoms with E-state index in [1.165, 1.54) is 17.8 Å². The molecule has 0 unspecified atom stereocenters. The van der Waals surface area contributed by atoms with Crippen LogP contribution in [0.25, 0.3) is 0 Å². The van der Waals surface area contributed by atoms with Crippen LogP contribution in [-0.2, 0) is 11.2 Å². The van der Waals surface area contributed by atoms with Crippen molar-refractivity contribution < 1.29 is 14.5 Å². The highest BCUT2D eigenvalue weighted by Crippen LogP contribution is 2.33. The number of amides is 1. The number of ether oxygens (including phenoxy) is 1. The summed E-state index contributed by atoms with van der Waals surface area (Å²) >= 11 is 1.43. The SMILES string of the molecule is COc1ccccc1SCC(=O)N1CCCc2cc([N+](=O)[O-])ccc21. The Kier molecular flexibility index (Phi) is 5.23. The lowest BCUT2D eigenvalue weighted by atomic mass is 10.0. The van der Waals surface area contributed by atoms with Crippen molar-refractivity contribution >= 4 is 29.0 Å². The molecule has 130 valence electrons. The molecule has 7 heteroatoms. The van der Waals surface area contributed by atoms with E-state index in [0.29, 0.717) is 6.54 Å². The molecule has 0 bridgehead atoms. The molecule has 0 fully saturated rings. The fourth-order valence-electron chi connectivity index (χ4n) is 2.91. The molecular formula is C18H18N2O4S. The highest BCUT2D eigenvalue weighted by Gasteiger charge is 2.24. The van der Waals surface area contributed by atoms with Gasteiger partial charge in [0.25, 0.3) is 5.69 Å². The second-order valence-corrected chi connectivity index (χ2v) is 6.68. The average molecular weight is 358 g/mol. The lowest BCUT2D eigenvalue weighted by Crippen LogP contribution is -2.36. The van der Waals surface area contributed by atoms with Crippen molar-refractivity contribution in [1.82, 2.24) is 0 Å². The molecule has 1 aliphatic heterocycles. The first-order valence-corrected chi connectivity index (χ1v) is 8.92. The second-order valence-electron chi connectivity index (χ2n) is 5.66. The van der Waals surface area contributed by atoms with Gasteiger partial charge in [-0.15, -0.1) is 11.8 Å². The Balaban J connectivity index is 1.75. The summed E-state index contributed by atoms with van der Waals surface area (Å²) in [6, 6.07) is 12.3. The first-order chi connectivity index (χ1) is 12.1. The van der Waals surface area contributed by atoms with Gasteiger partial charge in [0.1, 0.15) is 5.75 Å². The summed E-state index contributed by atoms with van der Waals surface area (Å²) in [5, 5.41) is 10.9. The molecule has 1 amide bonds. The van der Waals surface area contributed by atoms with Crippen LogP contribution >= 0.6 is 11.8 Å². The zero-order chi connectivity index (χ0) is 17.8. The van der Waals surface area contributed by atoms with Crippen LogP contribution in [-0.4, -0.2) is 30.2 Å². The summed E-state index contributed by atoms with van der Waals surface area (Å²) in [5.74, 6) is 1.03. The Morgan fingerprint density at radius 2 is 2.12 bits per heavy atom. The molecule has 0 aromatic heterocycles. The first kappa shape index (κ1) is 17.3. The van der Waals surface area contributed by atoms with E-state index in [4.69, 9.17) is 4.74 Å². The van der Waals surface area contributed by atoms with Crippen molar-refractivity contribution in [2.75, 3.05) is 24.3 Å². The van der Waals surface area contributed by atoms with Gasteiger partial charge in [-0.2, -0.15) is 0 Å². The van der Waals surface area contributed by atoms with E-state index in [9.17, 15) is 14.9 Å². The monoisotopic (exact) mass is 358 g/mol. The van der Waals surface area contributed by atoms with Gasteiger partial charge in [0.2, 0.25) is 5.91 Å². The van der Waals surface area contributed by atoms with Crippen LogP contribution in [0.2, 0.25) is 0 Å². The van der Waals surface area contributed by atoms with Gasteiger partial charge in [-0.05, 0) is 36.6 Å². The van der Waals surface area contributed by atoms with E-state index in [1.807, 2.05) is 24.3 Å². The van der Waals surface area contributed by atoms with Crippen molar-refractivity contribution in [2.45, 2.75) is 17.7 Å². The van der Waals surface area contributed by atoms with Crippen molar-refractivity contribution in [3.05, 3.63) is 58.1 Å². The fraction of sp³-hybridized carbons (Fsp3) is 0.278.